The normalized spacial score (nSPS) is 26.1. The molecule has 3 atom stereocenters. The number of benzene rings is 1. The van der Waals surface area contributed by atoms with Crippen LogP contribution in [0.25, 0.3) is 0 Å². The molecule has 0 amide bonds. The molecule has 1 aliphatic rings. The number of aliphatic hydroxyl groups is 1. The van der Waals surface area contributed by atoms with Crippen molar-refractivity contribution in [2.24, 2.45) is 5.92 Å². The van der Waals surface area contributed by atoms with E-state index in [1.54, 1.807) is 6.07 Å². The summed E-state index contributed by atoms with van der Waals surface area (Å²) < 4.78 is 19.4. The lowest BCUT2D eigenvalue weighted by Gasteiger charge is -2.17. The molecule has 0 bridgehead atoms. The number of halogens is 2. The quantitative estimate of drug-likeness (QED) is 0.930. The van der Waals surface area contributed by atoms with Gasteiger partial charge in [0.25, 0.3) is 0 Å². The van der Waals surface area contributed by atoms with Crippen LogP contribution in [0, 0.1) is 11.7 Å². The van der Waals surface area contributed by atoms with Gasteiger partial charge in [0.2, 0.25) is 0 Å². The number of rotatable bonds is 3. The maximum absolute atomic E-state index is 13.1. The van der Waals surface area contributed by atoms with Gasteiger partial charge in [-0.1, -0.05) is 15.9 Å². The highest BCUT2D eigenvalue weighted by Crippen LogP contribution is 2.26. The molecule has 0 saturated carbocycles. The third-order valence-electron chi connectivity index (χ3n) is 3.21. The fraction of sp³-hybridized carbons (Fsp3) is 0.538. The van der Waals surface area contributed by atoms with Crippen molar-refractivity contribution in [2.75, 3.05) is 6.61 Å². The minimum atomic E-state index is -0.474. The Hall–Kier alpha value is -0.450. The SMILES string of the molecule is CC1CC(C(O)Cc2cc(F)ccc2Br)CO1. The fourth-order valence-corrected chi connectivity index (χ4v) is 2.62. The zero-order valence-electron chi connectivity index (χ0n) is 9.70. The van der Waals surface area contributed by atoms with Crippen molar-refractivity contribution >= 4 is 15.9 Å². The second-order valence-corrected chi connectivity index (χ2v) is 5.50. The van der Waals surface area contributed by atoms with Gasteiger partial charge in [0.1, 0.15) is 5.82 Å². The summed E-state index contributed by atoms with van der Waals surface area (Å²) in [7, 11) is 0. The molecule has 1 fully saturated rings. The highest BCUT2D eigenvalue weighted by Gasteiger charge is 2.28. The van der Waals surface area contributed by atoms with E-state index >= 15 is 0 Å². The summed E-state index contributed by atoms with van der Waals surface area (Å²) in [6, 6.07) is 4.54. The highest BCUT2D eigenvalue weighted by molar-refractivity contribution is 9.10. The highest BCUT2D eigenvalue weighted by atomic mass is 79.9. The summed E-state index contributed by atoms with van der Waals surface area (Å²) >= 11 is 3.37. The molecule has 94 valence electrons. The lowest BCUT2D eigenvalue weighted by Crippen LogP contribution is -2.23. The Bertz CT molecular complexity index is 397. The van der Waals surface area contributed by atoms with Gasteiger partial charge in [-0.2, -0.15) is 0 Å². The first kappa shape index (κ1) is 13.0. The molecule has 17 heavy (non-hydrogen) atoms. The summed E-state index contributed by atoms with van der Waals surface area (Å²) in [6.45, 7) is 2.60. The largest absolute Gasteiger partial charge is 0.392 e. The lowest BCUT2D eigenvalue weighted by molar-refractivity contribution is 0.0806. The maximum atomic E-state index is 13.1. The summed E-state index contributed by atoms with van der Waals surface area (Å²) in [5.41, 5.74) is 0.803. The molecule has 1 heterocycles. The molecular weight excluding hydrogens is 287 g/mol. The van der Waals surface area contributed by atoms with E-state index in [-0.39, 0.29) is 17.8 Å². The molecule has 2 rings (SSSR count). The van der Waals surface area contributed by atoms with Crippen LogP contribution in [0.5, 0.6) is 0 Å². The fourth-order valence-electron chi connectivity index (χ4n) is 2.21. The van der Waals surface area contributed by atoms with Crippen LogP contribution in [0.1, 0.15) is 18.9 Å². The van der Waals surface area contributed by atoms with E-state index in [4.69, 9.17) is 4.74 Å². The average Bonchev–Trinajstić information content (AvgIpc) is 2.70. The Kier molecular flexibility index (Phi) is 4.17. The minimum absolute atomic E-state index is 0.153. The lowest BCUT2D eigenvalue weighted by atomic mass is 9.94. The molecule has 1 aromatic rings. The van der Waals surface area contributed by atoms with E-state index in [1.807, 2.05) is 6.92 Å². The van der Waals surface area contributed by atoms with Crippen LogP contribution in [-0.2, 0) is 11.2 Å². The van der Waals surface area contributed by atoms with Crippen LogP contribution in [-0.4, -0.2) is 23.9 Å². The Balaban J connectivity index is 2.02. The van der Waals surface area contributed by atoms with Crippen molar-refractivity contribution in [1.29, 1.82) is 0 Å². The molecule has 4 heteroatoms. The molecule has 1 saturated heterocycles. The number of ether oxygens (including phenoxy) is 1. The van der Waals surface area contributed by atoms with Crippen molar-refractivity contribution in [3.63, 3.8) is 0 Å². The molecule has 0 aromatic heterocycles. The summed E-state index contributed by atoms with van der Waals surface area (Å²) in [5, 5.41) is 10.1. The topological polar surface area (TPSA) is 29.5 Å². The van der Waals surface area contributed by atoms with Gasteiger partial charge in [-0.15, -0.1) is 0 Å². The summed E-state index contributed by atoms with van der Waals surface area (Å²) in [5.74, 6) is -0.119. The van der Waals surface area contributed by atoms with Crippen LogP contribution in [0.2, 0.25) is 0 Å². The molecule has 1 N–H and O–H groups in total. The van der Waals surface area contributed by atoms with Gasteiger partial charge in [-0.25, -0.2) is 4.39 Å². The van der Waals surface area contributed by atoms with Crippen LogP contribution in [0.15, 0.2) is 22.7 Å². The van der Waals surface area contributed by atoms with Gasteiger partial charge in [0.15, 0.2) is 0 Å². The molecule has 0 spiro atoms. The summed E-state index contributed by atoms with van der Waals surface area (Å²) in [4.78, 5) is 0. The van der Waals surface area contributed by atoms with Crippen LogP contribution in [0.4, 0.5) is 4.39 Å². The van der Waals surface area contributed by atoms with E-state index in [0.717, 1.165) is 16.5 Å². The van der Waals surface area contributed by atoms with Crippen LogP contribution >= 0.6 is 15.9 Å². The van der Waals surface area contributed by atoms with Gasteiger partial charge < -0.3 is 9.84 Å². The third kappa shape index (κ3) is 3.27. The van der Waals surface area contributed by atoms with Crippen LogP contribution < -0.4 is 0 Å². The van der Waals surface area contributed by atoms with Crippen LogP contribution in [0.3, 0.4) is 0 Å². The Labute approximate surface area is 109 Å². The minimum Gasteiger partial charge on any atom is -0.392 e. The van der Waals surface area contributed by atoms with E-state index < -0.39 is 6.10 Å². The third-order valence-corrected chi connectivity index (χ3v) is 3.98. The first-order chi connectivity index (χ1) is 8.06. The van der Waals surface area contributed by atoms with Crippen molar-refractivity contribution in [2.45, 2.75) is 32.0 Å². The van der Waals surface area contributed by atoms with Gasteiger partial charge in [0.05, 0.1) is 18.8 Å². The van der Waals surface area contributed by atoms with Gasteiger partial charge >= 0.3 is 0 Å². The van der Waals surface area contributed by atoms with E-state index in [0.29, 0.717) is 13.0 Å². The Morgan fingerprint density at radius 1 is 1.59 bits per heavy atom. The van der Waals surface area contributed by atoms with Gasteiger partial charge in [-0.05, 0) is 43.5 Å². The predicted octanol–water partition coefficient (Wildman–Crippen LogP) is 2.92. The summed E-state index contributed by atoms with van der Waals surface area (Å²) in [6.07, 6.45) is 1.07. The standard InChI is InChI=1S/C13H16BrFO2/c1-8-4-10(7-17-8)13(16)6-9-5-11(15)2-3-12(9)14/h2-3,5,8,10,13,16H,4,6-7H2,1H3. The molecule has 0 radical (unpaired) electrons. The second-order valence-electron chi connectivity index (χ2n) is 4.65. The van der Waals surface area contributed by atoms with E-state index in [1.165, 1.54) is 12.1 Å². The smallest absolute Gasteiger partial charge is 0.123 e. The molecule has 2 nitrogen and oxygen atoms in total. The average molecular weight is 303 g/mol. The van der Waals surface area contributed by atoms with E-state index in [2.05, 4.69) is 15.9 Å². The van der Waals surface area contributed by atoms with Crippen molar-refractivity contribution in [1.82, 2.24) is 0 Å². The number of hydrogen-bond acceptors (Lipinski definition) is 2. The van der Waals surface area contributed by atoms with Gasteiger partial charge in [-0.3, -0.25) is 0 Å². The van der Waals surface area contributed by atoms with Crippen molar-refractivity contribution in [3.8, 4) is 0 Å². The van der Waals surface area contributed by atoms with Crippen molar-refractivity contribution < 1.29 is 14.2 Å². The zero-order chi connectivity index (χ0) is 12.4. The molecule has 0 aliphatic carbocycles. The maximum Gasteiger partial charge on any atom is 0.123 e. The van der Waals surface area contributed by atoms with Gasteiger partial charge in [0, 0.05) is 10.4 Å². The molecule has 1 aromatic carbocycles. The Morgan fingerprint density at radius 3 is 3.00 bits per heavy atom. The number of aliphatic hydroxyl groups excluding tert-OH is 1. The first-order valence-electron chi connectivity index (χ1n) is 5.80. The van der Waals surface area contributed by atoms with E-state index in [9.17, 15) is 9.50 Å². The van der Waals surface area contributed by atoms with Crippen molar-refractivity contribution in [3.05, 3.63) is 34.1 Å². The number of hydrogen-bond donors (Lipinski definition) is 1. The Morgan fingerprint density at radius 2 is 2.35 bits per heavy atom. The second kappa shape index (κ2) is 5.46. The molecule has 1 aliphatic heterocycles. The molecular formula is C13H16BrFO2. The monoisotopic (exact) mass is 302 g/mol. The molecule has 3 unspecified atom stereocenters. The predicted molar refractivity (Wildman–Crippen MR) is 67.3 cm³/mol. The zero-order valence-corrected chi connectivity index (χ0v) is 11.3. The first-order valence-corrected chi connectivity index (χ1v) is 6.59.